The Hall–Kier alpha value is -3.05. The van der Waals surface area contributed by atoms with Crippen LogP contribution in [0.25, 0.3) is 16.9 Å². The minimum atomic E-state index is -3.32. The van der Waals surface area contributed by atoms with Crippen LogP contribution in [-0.2, 0) is 9.84 Å². The first kappa shape index (κ1) is 21.2. The molecule has 0 aliphatic carbocycles. The Morgan fingerprint density at radius 1 is 1.23 bits per heavy atom. The van der Waals surface area contributed by atoms with Gasteiger partial charge in [-0.25, -0.2) is 13.1 Å². The summed E-state index contributed by atoms with van der Waals surface area (Å²) in [6.07, 6.45) is 3.06. The lowest BCUT2D eigenvalue weighted by Gasteiger charge is -2.11. The van der Waals surface area contributed by atoms with Crippen molar-refractivity contribution in [2.75, 3.05) is 18.2 Å². The Kier molecular flexibility index (Phi) is 5.63. The molecule has 0 atom stereocenters. The van der Waals surface area contributed by atoms with Gasteiger partial charge in [0.25, 0.3) is 5.91 Å². The van der Waals surface area contributed by atoms with E-state index in [1.807, 2.05) is 0 Å². The Morgan fingerprint density at radius 2 is 2.03 bits per heavy atom. The molecule has 0 saturated carbocycles. The number of aromatic nitrogens is 3. The van der Waals surface area contributed by atoms with Crippen molar-refractivity contribution >= 4 is 27.3 Å². The summed E-state index contributed by atoms with van der Waals surface area (Å²) in [6, 6.07) is 8.90. The van der Waals surface area contributed by atoms with Gasteiger partial charge in [0.05, 0.1) is 23.3 Å². The number of amides is 1. The van der Waals surface area contributed by atoms with Crippen LogP contribution in [0.1, 0.15) is 10.5 Å². The minimum absolute atomic E-state index is 0.00717. The van der Waals surface area contributed by atoms with Crippen molar-refractivity contribution < 1.29 is 26.7 Å². The molecule has 1 saturated heterocycles. The molecule has 162 valence electrons. The predicted molar refractivity (Wildman–Crippen MR) is 108 cm³/mol. The molecule has 0 spiro atoms. The van der Waals surface area contributed by atoms with Gasteiger partial charge < -0.3 is 9.64 Å². The number of carbonyl (C=O) groups is 1. The summed E-state index contributed by atoms with van der Waals surface area (Å²) < 4.78 is 54.7. The van der Waals surface area contributed by atoms with Crippen LogP contribution in [0.5, 0.6) is 5.75 Å². The highest BCUT2D eigenvalue weighted by Gasteiger charge is 2.31. The van der Waals surface area contributed by atoms with Crippen LogP contribution in [0.4, 0.5) is 8.78 Å². The fourth-order valence-electron chi connectivity index (χ4n) is 3.19. The van der Waals surface area contributed by atoms with Crippen molar-refractivity contribution in [3.05, 3.63) is 59.5 Å². The van der Waals surface area contributed by atoms with Gasteiger partial charge >= 0.3 is 6.61 Å². The van der Waals surface area contributed by atoms with E-state index in [4.69, 9.17) is 11.6 Å². The molecule has 31 heavy (non-hydrogen) atoms. The fraction of sp³-hybridized carbons (Fsp3) is 0.211. The van der Waals surface area contributed by atoms with Crippen LogP contribution in [0.3, 0.4) is 0 Å². The Bertz CT molecular complexity index is 1230. The lowest BCUT2D eigenvalue weighted by molar-refractivity contribution is -0.0498. The number of carbonyl (C=O) groups excluding carboxylic acids is 1. The summed E-state index contributed by atoms with van der Waals surface area (Å²) in [7, 11) is -3.32. The quantitative estimate of drug-likeness (QED) is 0.571. The lowest BCUT2D eigenvalue weighted by Crippen LogP contribution is -2.29. The number of ether oxygens (including phenoxy) is 1. The average Bonchev–Trinajstić information content (AvgIpc) is 3.31. The topological polar surface area (TPSA) is 94.4 Å². The van der Waals surface area contributed by atoms with Gasteiger partial charge in [0.2, 0.25) is 0 Å². The number of sulfone groups is 1. The zero-order chi connectivity index (χ0) is 22.2. The Balaban J connectivity index is 1.80. The van der Waals surface area contributed by atoms with Gasteiger partial charge in [-0.05, 0) is 36.4 Å². The van der Waals surface area contributed by atoms with Crippen molar-refractivity contribution in [3.8, 4) is 22.7 Å². The number of nitrogens with zero attached hydrogens (tertiary/aromatic N) is 4. The molecule has 0 N–H and O–H groups in total. The zero-order valence-electron chi connectivity index (χ0n) is 15.8. The molecule has 2 aromatic heterocycles. The van der Waals surface area contributed by atoms with Crippen LogP contribution in [0.15, 0.2) is 48.8 Å². The van der Waals surface area contributed by atoms with Gasteiger partial charge in [-0.1, -0.05) is 11.6 Å². The standard InChI is InChI=1S/C19H15ClF2N4O4S/c20-13-6-12(7-15(8-13)30-19(21)22)17-9-16(18(27)25-4-5-31(28,29)11-25)24-26(17)14-2-1-3-23-10-14/h1-3,6-10,19H,4-5,11H2. The molecule has 1 aromatic carbocycles. The van der Waals surface area contributed by atoms with E-state index in [2.05, 4.69) is 14.8 Å². The average molecular weight is 469 g/mol. The summed E-state index contributed by atoms with van der Waals surface area (Å²) in [5.74, 6) is -1.21. The van der Waals surface area contributed by atoms with E-state index in [1.165, 1.54) is 40.0 Å². The molecule has 0 bridgehead atoms. The van der Waals surface area contributed by atoms with E-state index in [-0.39, 0.29) is 34.6 Å². The maximum Gasteiger partial charge on any atom is 0.387 e. The monoisotopic (exact) mass is 468 g/mol. The molecule has 3 heterocycles. The van der Waals surface area contributed by atoms with Crippen LogP contribution in [0, 0.1) is 0 Å². The third kappa shape index (κ3) is 4.67. The van der Waals surface area contributed by atoms with Gasteiger partial charge in [-0.15, -0.1) is 0 Å². The molecule has 1 aliphatic rings. The Labute approximate surface area is 180 Å². The SMILES string of the molecule is O=C(c1cc(-c2cc(Cl)cc(OC(F)F)c2)n(-c2cccnc2)n1)N1CCS(=O)(=O)C1. The van der Waals surface area contributed by atoms with Gasteiger partial charge in [0.15, 0.2) is 15.5 Å². The molecular formula is C19H15ClF2N4O4S. The number of halogens is 3. The lowest BCUT2D eigenvalue weighted by atomic mass is 10.1. The second kappa shape index (κ2) is 8.23. The molecule has 1 amide bonds. The minimum Gasteiger partial charge on any atom is -0.435 e. The summed E-state index contributed by atoms with van der Waals surface area (Å²) >= 11 is 6.08. The second-order valence-corrected chi connectivity index (χ2v) is 9.33. The first-order chi connectivity index (χ1) is 14.7. The highest BCUT2D eigenvalue weighted by molar-refractivity contribution is 7.91. The van der Waals surface area contributed by atoms with Crippen LogP contribution < -0.4 is 4.74 Å². The first-order valence-electron chi connectivity index (χ1n) is 8.98. The van der Waals surface area contributed by atoms with E-state index in [9.17, 15) is 22.0 Å². The third-order valence-electron chi connectivity index (χ3n) is 4.52. The van der Waals surface area contributed by atoms with Crippen LogP contribution in [0.2, 0.25) is 5.02 Å². The zero-order valence-corrected chi connectivity index (χ0v) is 17.4. The molecule has 0 radical (unpaired) electrons. The van der Waals surface area contributed by atoms with Crippen molar-refractivity contribution in [1.82, 2.24) is 19.7 Å². The number of pyridine rings is 1. The van der Waals surface area contributed by atoms with Gasteiger partial charge in [-0.2, -0.15) is 13.9 Å². The number of hydrogen-bond donors (Lipinski definition) is 0. The van der Waals surface area contributed by atoms with Gasteiger partial charge in [0.1, 0.15) is 11.6 Å². The molecule has 3 aromatic rings. The van der Waals surface area contributed by atoms with Crippen molar-refractivity contribution in [2.45, 2.75) is 6.61 Å². The maximum absolute atomic E-state index is 12.9. The summed E-state index contributed by atoms with van der Waals surface area (Å²) in [4.78, 5) is 18.1. The fourth-order valence-corrected chi connectivity index (χ4v) is 4.76. The van der Waals surface area contributed by atoms with Gasteiger partial charge in [0, 0.05) is 23.3 Å². The van der Waals surface area contributed by atoms with Crippen molar-refractivity contribution in [2.24, 2.45) is 0 Å². The largest absolute Gasteiger partial charge is 0.435 e. The normalized spacial score (nSPS) is 15.4. The van der Waals surface area contributed by atoms with Crippen molar-refractivity contribution in [3.63, 3.8) is 0 Å². The molecule has 4 rings (SSSR count). The van der Waals surface area contributed by atoms with E-state index in [1.54, 1.807) is 18.3 Å². The molecular weight excluding hydrogens is 454 g/mol. The first-order valence-corrected chi connectivity index (χ1v) is 11.2. The second-order valence-electron chi connectivity index (χ2n) is 6.74. The Morgan fingerprint density at radius 3 is 2.68 bits per heavy atom. The van der Waals surface area contributed by atoms with Gasteiger partial charge in [-0.3, -0.25) is 9.78 Å². The van der Waals surface area contributed by atoms with E-state index >= 15 is 0 Å². The van der Waals surface area contributed by atoms with Crippen LogP contribution in [-0.4, -0.2) is 58.8 Å². The summed E-state index contributed by atoms with van der Waals surface area (Å²) in [6.45, 7) is -2.97. The molecule has 1 fully saturated rings. The van der Waals surface area contributed by atoms with Crippen LogP contribution >= 0.6 is 11.6 Å². The van der Waals surface area contributed by atoms with E-state index < -0.39 is 22.4 Å². The van der Waals surface area contributed by atoms with E-state index in [0.29, 0.717) is 16.9 Å². The molecule has 0 unspecified atom stereocenters. The molecule has 12 heteroatoms. The van der Waals surface area contributed by atoms with Crippen molar-refractivity contribution in [1.29, 1.82) is 0 Å². The number of rotatable bonds is 5. The number of hydrogen-bond acceptors (Lipinski definition) is 6. The van der Waals surface area contributed by atoms with E-state index in [0.717, 1.165) is 0 Å². The number of benzene rings is 1. The summed E-state index contributed by atoms with van der Waals surface area (Å²) in [5, 5.41) is 4.47. The molecule has 1 aliphatic heterocycles. The predicted octanol–water partition coefficient (Wildman–Crippen LogP) is 3.02. The highest BCUT2D eigenvalue weighted by atomic mass is 35.5. The highest BCUT2D eigenvalue weighted by Crippen LogP contribution is 2.31. The third-order valence-corrected chi connectivity index (χ3v) is 6.25. The maximum atomic E-state index is 12.9. The smallest absolute Gasteiger partial charge is 0.387 e. The number of alkyl halides is 2. The molecule has 8 nitrogen and oxygen atoms in total. The summed E-state index contributed by atoms with van der Waals surface area (Å²) in [5.41, 5.74) is 1.22.